The number of amides is 2. The molecule has 1 atom stereocenters. The minimum atomic E-state index is -1.31. The zero-order valence-electron chi connectivity index (χ0n) is 18.3. The van der Waals surface area contributed by atoms with Crippen LogP contribution in [0.3, 0.4) is 0 Å². The summed E-state index contributed by atoms with van der Waals surface area (Å²) in [5.41, 5.74) is -0.390. The summed E-state index contributed by atoms with van der Waals surface area (Å²) in [6.45, 7) is 5.08. The Morgan fingerprint density at radius 2 is 1.79 bits per heavy atom. The third-order valence-corrected chi connectivity index (χ3v) is 4.32. The van der Waals surface area contributed by atoms with Gasteiger partial charge in [0.05, 0.1) is 22.1 Å². The number of nitrogens with one attached hydrogen (secondary N) is 2. The molecule has 0 saturated heterocycles. The first-order valence-electron chi connectivity index (χ1n) is 9.92. The van der Waals surface area contributed by atoms with Gasteiger partial charge in [-0.25, -0.2) is 4.79 Å². The average Bonchev–Trinajstić information content (AvgIpc) is 2.72. The number of hydrogen-bond donors (Lipinski definition) is 2. The lowest BCUT2D eigenvalue weighted by Crippen LogP contribution is -2.34. The van der Waals surface area contributed by atoms with Crippen molar-refractivity contribution in [2.45, 2.75) is 38.9 Å². The van der Waals surface area contributed by atoms with E-state index in [0.717, 1.165) is 6.07 Å². The zero-order valence-corrected chi connectivity index (χ0v) is 19.0. The van der Waals surface area contributed by atoms with Crippen molar-refractivity contribution < 1.29 is 28.8 Å². The fourth-order valence-corrected chi connectivity index (χ4v) is 2.81. The summed E-state index contributed by atoms with van der Waals surface area (Å²) in [4.78, 5) is 47.2. The van der Waals surface area contributed by atoms with E-state index in [9.17, 15) is 24.5 Å². The smallest absolute Gasteiger partial charge is 0.407 e. The first kappa shape index (κ1) is 25.6. The summed E-state index contributed by atoms with van der Waals surface area (Å²) in [7, 11) is 0. The van der Waals surface area contributed by atoms with Gasteiger partial charge in [-0.1, -0.05) is 41.9 Å². The number of carbonyl (C=O) groups excluding carboxylic acids is 3. The first-order valence-corrected chi connectivity index (χ1v) is 10.3. The number of carbonyl (C=O) groups is 3. The molecule has 176 valence electrons. The van der Waals surface area contributed by atoms with Crippen LogP contribution in [0.25, 0.3) is 0 Å². The van der Waals surface area contributed by atoms with E-state index in [1.54, 1.807) is 51.1 Å². The molecule has 0 saturated carbocycles. The number of alkyl carbamates (subject to hydrolysis) is 1. The highest BCUT2D eigenvalue weighted by molar-refractivity contribution is 6.34. The second-order valence-corrected chi connectivity index (χ2v) is 8.28. The maximum Gasteiger partial charge on any atom is 0.407 e. The Morgan fingerprint density at radius 1 is 1.12 bits per heavy atom. The molecule has 0 aliphatic carbocycles. The molecule has 0 aliphatic rings. The van der Waals surface area contributed by atoms with Gasteiger partial charge in [0.1, 0.15) is 5.60 Å². The molecule has 2 aromatic rings. The number of anilines is 1. The van der Waals surface area contributed by atoms with Gasteiger partial charge >= 0.3 is 12.1 Å². The molecular formula is C22H24ClN3O7. The van der Waals surface area contributed by atoms with Crippen LogP contribution in [0.15, 0.2) is 48.5 Å². The number of benzene rings is 2. The number of rotatable bonds is 8. The van der Waals surface area contributed by atoms with Crippen LogP contribution in [-0.2, 0) is 19.1 Å². The van der Waals surface area contributed by atoms with Crippen LogP contribution >= 0.6 is 11.6 Å². The number of nitrogens with zero attached hydrogens (tertiary/aromatic N) is 1. The van der Waals surface area contributed by atoms with Crippen LogP contribution in [0.2, 0.25) is 5.02 Å². The fraction of sp³-hybridized carbons (Fsp3) is 0.318. The largest absolute Gasteiger partial charge is 0.447 e. The fourth-order valence-electron chi connectivity index (χ4n) is 2.59. The van der Waals surface area contributed by atoms with E-state index in [2.05, 4.69) is 10.6 Å². The lowest BCUT2D eigenvalue weighted by Gasteiger charge is -2.20. The van der Waals surface area contributed by atoms with Gasteiger partial charge in [-0.15, -0.1) is 0 Å². The Bertz CT molecular complexity index is 1020. The standard InChI is InChI=1S/C22H24ClN3O7/c1-22(2,3)33-21(29)24-12-11-18(27)32-19(14-7-5-4-6-8-14)20(28)25-17-10-9-15(26(30)31)13-16(17)23/h4-10,13,19H,11-12H2,1-3H3,(H,24,29)(H,25,28). The van der Waals surface area contributed by atoms with Crippen molar-refractivity contribution >= 4 is 40.9 Å². The molecule has 0 aliphatic heterocycles. The number of nitro groups is 1. The second kappa shape index (κ2) is 11.3. The Balaban J connectivity index is 2.06. The monoisotopic (exact) mass is 477 g/mol. The number of hydrogen-bond acceptors (Lipinski definition) is 7. The van der Waals surface area contributed by atoms with E-state index in [4.69, 9.17) is 21.1 Å². The van der Waals surface area contributed by atoms with E-state index in [0.29, 0.717) is 5.56 Å². The molecule has 0 fully saturated rings. The van der Waals surface area contributed by atoms with E-state index in [1.807, 2.05) is 0 Å². The lowest BCUT2D eigenvalue weighted by molar-refractivity contribution is -0.384. The molecular weight excluding hydrogens is 454 g/mol. The minimum Gasteiger partial charge on any atom is -0.447 e. The number of ether oxygens (including phenoxy) is 2. The molecule has 0 spiro atoms. The topological polar surface area (TPSA) is 137 Å². The molecule has 2 aromatic carbocycles. The quantitative estimate of drug-likeness (QED) is 0.327. The van der Waals surface area contributed by atoms with Crippen LogP contribution in [0.5, 0.6) is 0 Å². The second-order valence-electron chi connectivity index (χ2n) is 7.87. The van der Waals surface area contributed by atoms with Gasteiger partial charge in [0.2, 0.25) is 6.10 Å². The van der Waals surface area contributed by atoms with Gasteiger partial charge in [0.15, 0.2) is 0 Å². The van der Waals surface area contributed by atoms with Crippen LogP contribution < -0.4 is 10.6 Å². The number of non-ortho nitro benzene ring substituents is 1. The molecule has 0 radical (unpaired) electrons. The van der Waals surface area contributed by atoms with Crippen molar-refractivity contribution in [2.75, 3.05) is 11.9 Å². The van der Waals surface area contributed by atoms with Gasteiger partial charge in [-0.05, 0) is 26.8 Å². The van der Waals surface area contributed by atoms with Crippen LogP contribution in [0.4, 0.5) is 16.2 Å². The Hall–Kier alpha value is -3.66. The molecule has 33 heavy (non-hydrogen) atoms. The molecule has 2 amide bonds. The normalized spacial score (nSPS) is 11.8. The molecule has 2 rings (SSSR count). The zero-order chi connectivity index (χ0) is 24.6. The predicted molar refractivity (Wildman–Crippen MR) is 121 cm³/mol. The Morgan fingerprint density at radius 3 is 2.36 bits per heavy atom. The maximum absolute atomic E-state index is 12.9. The van der Waals surface area contributed by atoms with Crippen molar-refractivity contribution in [3.63, 3.8) is 0 Å². The molecule has 10 nitrogen and oxygen atoms in total. The van der Waals surface area contributed by atoms with E-state index >= 15 is 0 Å². The van der Waals surface area contributed by atoms with Crippen molar-refractivity contribution in [2.24, 2.45) is 0 Å². The van der Waals surface area contributed by atoms with E-state index in [-0.39, 0.29) is 29.4 Å². The summed E-state index contributed by atoms with van der Waals surface area (Å²) in [6, 6.07) is 11.9. The lowest BCUT2D eigenvalue weighted by atomic mass is 10.1. The van der Waals surface area contributed by atoms with E-state index < -0.39 is 34.6 Å². The van der Waals surface area contributed by atoms with Crippen molar-refractivity contribution in [1.29, 1.82) is 0 Å². The highest BCUT2D eigenvalue weighted by atomic mass is 35.5. The molecule has 0 aromatic heterocycles. The molecule has 11 heteroatoms. The summed E-state index contributed by atoms with van der Waals surface area (Å²) in [6.07, 6.45) is -2.19. The van der Waals surface area contributed by atoms with Gasteiger partial charge in [0, 0.05) is 24.2 Å². The van der Waals surface area contributed by atoms with Crippen molar-refractivity contribution in [3.05, 3.63) is 69.2 Å². The SMILES string of the molecule is CC(C)(C)OC(=O)NCCC(=O)OC(C(=O)Nc1ccc([N+](=O)[O-])cc1Cl)c1ccccc1. The third-order valence-electron chi connectivity index (χ3n) is 4.01. The number of nitro benzene ring substituents is 1. The highest BCUT2D eigenvalue weighted by Crippen LogP contribution is 2.28. The molecule has 0 heterocycles. The Kier molecular flexibility index (Phi) is 8.75. The predicted octanol–water partition coefficient (Wildman–Crippen LogP) is 4.39. The summed E-state index contributed by atoms with van der Waals surface area (Å²) >= 11 is 6.04. The van der Waals surface area contributed by atoms with Gasteiger partial charge in [0.25, 0.3) is 11.6 Å². The maximum atomic E-state index is 12.9. The van der Waals surface area contributed by atoms with Crippen LogP contribution in [-0.4, -0.2) is 35.0 Å². The van der Waals surface area contributed by atoms with Crippen LogP contribution in [0, 0.1) is 10.1 Å². The third kappa shape index (κ3) is 8.41. The summed E-state index contributed by atoms with van der Waals surface area (Å²) in [5, 5.41) is 15.8. The van der Waals surface area contributed by atoms with Crippen LogP contribution in [0.1, 0.15) is 38.9 Å². The number of halogens is 1. The Labute approximate surface area is 195 Å². The van der Waals surface area contributed by atoms with Crippen molar-refractivity contribution in [1.82, 2.24) is 5.32 Å². The van der Waals surface area contributed by atoms with Gasteiger partial charge in [-0.2, -0.15) is 0 Å². The molecule has 1 unspecified atom stereocenters. The van der Waals surface area contributed by atoms with Gasteiger partial charge in [-0.3, -0.25) is 19.7 Å². The molecule has 2 N–H and O–H groups in total. The minimum absolute atomic E-state index is 0.0442. The van der Waals surface area contributed by atoms with Crippen molar-refractivity contribution in [3.8, 4) is 0 Å². The van der Waals surface area contributed by atoms with E-state index in [1.165, 1.54) is 12.1 Å². The summed E-state index contributed by atoms with van der Waals surface area (Å²) < 4.78 is 10.4. The summed E-state index contributed by atoms with van der Waals surface area (Å²) in [5.74, 6) is -1.43. The number of esters is 1. The van der Waals surface area contributed by atoms with Gasteiger partial charge < -0.3 is 20.1 Å². The highest BCUT2D eigenvalue weighted by Gasteiger charge is 2.26. The first-order chi connectivity index (χ1) is 15.5. The average molecular weight is 478 g/mol. The molecule has 0 bridgehead atoms.